The molecular formula is C9H10ClN3S. The van der Waals surface area contributed by atoms with Gasteiger partial charge in [0.2, 0.25) is 5.28 Å². The standard InChI is InChI=1S/C9H10ClN3S/c10-9-12-6(2-1-4-11)8-7(13-9)3-5-14-8/h3,5H,1-2,4,11H2. The highest BCUT2D eigenvalue weighted by Gasteiger charge is 2.06. The summed E-state index contributed by atoms with van der Waals surface area (Å²) in [6.45, 7) is 0.675. The minimum Gasteiger partial charge on any atom is -0.330 e. The molecule has 0 saturated carbocycles. The molecule has 14 heavy (non-hydrogen) atoms. The van der Waals surface area contributed by atoms with E-state index in [2.05, 4.69) is 9.97 Å². The van der Waals surface area contributed by atoms with Crippen LogP contribution < -0.4 is 5.73 Å². The minimum atomic E-state index is 0.322. The summed E-state index contributed by atoms with van der Waals surface area (Å²) in [5, 5.41) is 2.32. The van der Waals surface area contributed by atoms with Crippen molar-refractivity contribution in [2.24, 2.45) is 5.73 Å². The fraction of sp³-hybridized carbons (Fsp3) is 0.333. The number of rotatable bonds is 3. The van der Waals surface area contributed by atoms with Crippen LogP contribution in [0.4, 0.5) is 0 Å². The SMILES string of the molecule is NCCCc1nc(Cl)nc2ccsc12. The summed E-state index contributed by atoms with van der Waals surface area (Å²) in [4.78, 5) is 8.36. The van der Waals surface area contributed by atoms with Crippen molar-refractivity contribution < 1.29 is 0 Å². The van der Waals surface area contributed by atoms with Gasteiger partial charge in [0.05, 0.1) is 15.9 Å². The molecule has 2 rings (SSSR count). The van der Waals surface area contributed by atoms with E-state index in [0.29, 0.717) is 11.8 Å². The molecule has 0 saturated heterocycles. The van der Waals surface area contributed by atoms with Gasteiger partial charge in [-0.3, -0.25) is 0 Å². The number of nitrogens with zero attached hydrogens (tertiary/aromatic N) is 2. The minimum absolute atomic E-state index is 0.322. The lowest BCUT2D eigenvalue weighted by Gasteiger charge is -2.00. The van der Waals surface area contributed by atoms with E-state index in [1.807, 2.05) is 11.4 Å². The van der Waals surface area contributed by atoms with Gasteiger partial charge in [-0.1, -0.05) is 0 Å². The third-order valence-corrected chi connectivity index (χ3v) is 3.09. The maximum absolute atomic E-state index is 5.81. The lowest BCUT2D eigenvalue weighted by atomic mass is 10.2. The maximum Gasteiger partial charge on any atom is 0.223 e. The summed E-state index contributed by atoms with van der Waals surface area (Å²) in [6, 6.07) is 1.96. The largest absolute Gasteiger partial charge is 0.330 e. The second kappa shape index (κ2) is 4.21. The number of aryl methyl sites for hydroxylation is 1. The van der Waals surface area contributed by atoms with Crippen molar-refractivity contribution in [3.8, 4) is 0 Å². The van der Waals surface area contributed by atoms with Gasteiger partial charge in [0.25, 0.3) is 0 Å². The molecule has 5 heteroatoms. The van der Waals surface area contributed by atoms with Crippen molar-refractivity contribution in [2.75, 3.05) is 6.54 Å². The predicted molar refractivity (Wildman–Crippen MR) is 59.8 cm³/mol. The van der Waals surface area contributed by atoms with Crippen LogP contribution >= 0.6 is 22.9 Å². The van der Waals surface area contributed by atoms with Gasteiger partial charge in [0, 0.05) is 0 Å². The first-order chi connectivity index (χ1) is 6.81. The fourth-order valence-corrected chi connectivity index (χ4v) is 2.38. The van der Waals surface area contributed by atoms with E-state index in [4.69, 9.17) is 17.3 Å². The van der Waals surface area contributed by atoms with Crippen molar-refractivity contribution in [3.63, 3.8) is 0 Å². The normalized spacial score (nSPS) is 11.0. The Hall–Kier alpha value is -0.710. The smallest absolute Gasteiger partial charge is 0.223 e. The highest BCUT2D eigenvalue weighted by molar-refractivity contribution is 7.17. The Labute approximate surface area is 90.9 Å². The first-order valence-corrected chi connectivity index (χ1v) is 5.66. The Balaban J connectivity index is 2.44. The van der Waals surface area contributed by atoms with Gasteiger partial charge >= 0.3 is 0 Å². The Morgan fingerprint density at radius 1 is 1.43 bits per heavy atom. The second-order valence-electron chi connectivity index (χ2n) is 2.97. The average molecular weight is 228 g/mol. The number of nitrogens with two attached hydrogens (primary N) is 1. The molecule has 0 aromatic carbocycles. The highest BCUT2D eigenvalue weighted by atomic mass is 35.5. The van der Waals surface area contributed by atoms with Crippen LogP contribution in [0.3, 0.4) is 0 Å². The van der Waals surface area contributed by atoms with E-state index in [1.54, 1.807) is 11.3 Å². The molecule has 0 aliphatic rings. The Morgan fingerprint density at radius 3 is 3.07 bits per heavy atom. The van der Waals surface area contributed by atoms with Crippen LogP contribution in [-0.4, -0.2) is 16.5 Å². The Kier molecular flexibility index (Phi) is 2.96. The average Bonchev–Trinajstić information content (AvgIpc) is 2.61. The monoisotopic (exact) mass is 227 g/mol. The van der Waals surface area contributed by atoms with Crippen LogP contribution in [0.1, 0.15) is 12.1 Å². The molecule has 0 unspecified atom stereocenters. The number of aromatic nitrogens is 2. The molecule has 2 aromatic rings. The quantitative estimate of drug-likeness (QED) is 0.819. The van der Waals surface area contributed by atoms with Gasteiger partial charge in [-0.25, -0.2) is 9.97 Å². The van der Waals surface area contributed by atoms with Gasteiger partial charge in [-0.2, -0.15) is 0 Å². The molecule has 0 radical (unpaired) electrons. The molecule has 74 valence electrons. The Morgan fingerprint density at radius 2 is 2.29 bits per heavy atom. The van der Waals surface area contributed by atoms with Gasteiger partial charge < -0.3 is 5.73 Å². The number of hydrogen-bond acceptors (Lipinski definition) is 4. The molecule has 0 bridgehead atoms. The predicted octanol–water partition coefficient (Wildman–Crippen LogP) is 2.24. The molecule has 2 aromatic heterocycles. The van der Waals surface area contributed by atoms with Crippen LogP contribution in [0, 0.1) is 0 Å². The lowest BCUT2D eigenvalue weighted by Crippen LogP contribution is -2.02. The van der Waals surface area contributed by atoms with E-state index in [-0.39, 0.29) is 0 Å². The van der Waals surface area contributed by atoms with E-state index in [0.717, 1.165) is 28.8 Å². The molecule has 3 nitrogen and oxygen atoms in total. The molecular weight excluding hydrogens is 218 g/mol. The summed E-state index contributed by atoms with van der Waals surface area (Å²) in [6.07, 6.45) is 1.80. The van der Waals surface area contributed by atoms with Crippen molar-refractivity contribution in [1.82, 2.24) is 9.97 Å². The molecule has 0 atom stereocenters. The number of fused-ring (bicyclic) bond motifs is 1. The summed E-state index contributed by atoms with van der Waals surface area (Å²) < 4.78 is 1.13. The molecule has 0 aliphatic carbocycles. The van der Waals surface area contributed by atoms with Crippen molar-refractivity contribution in [3.05, 3.63) is 22.4 Å². The van der Waals surface area contributed by atoms with Crippen molar-refractivity contribution in [1.29, 1.82) is 0 Å². The summed E-state index contributed by atoms with van der Waals surface area (Å²) in [5.41, 5.74) is 7.41. The molecule has 0 aliphatic heterocycles. The van der Waals surface area contributed by atoms with Gasteiger partial charge in [-0.05, 0) is 42.4 Å². The molecule has 2 heterocycles. The van der Waals surface area contributed by atoms with Crippen LogP contribution in [0.5, 0.6) is 0 Å². The number of thiophene rings is 1. The molecule has 0 fully saturated rings. The summed E-state index contributed by atoms with van der Waals surface area (Å²) in [5.74, 6) is 0. The zero-order valence-electron chi connectivity index (χ0n) is 7.53. The summed E-state index contributed by atoms with van der Waals surface area (Å²) >= 11 is 7.46. The van der Waals surface area contributed by atoms with Crippen molar-refractivity contribution >= 4 is 33.2 Å². The van der Waals surface area contributed by atoms with Crippen LogP contribution in [-0.2, 0) is 6.42 Å². The van der Waals surface area contributed by atoms with E-state index < -0.39 is 0 Å². The fourth-order valence-electron chi connectivity index (χ4n) is 1.33. The van der Waals surface area contributed by atoms with Gasteiger partial charge in [0.1, 0.15) is 0 Å². The topological polar surface area (TPSA) is 51.8 Å². The van der Waals surface area contributed by atoms with E-state index in [9.17, 15) is 0 Å². The van der Waals surface area contributed by atoms with Gasteiger partial charge in [0.15, 0.2) is 0 Å². The lowest BCUT2D eigenvalue weighted by molar-refractivity contribution is 0.815. The van der Waals surface area contributed by atoms with Crippen LogP contribution in [0.25, 0.3) is 10.2 Å². The number of halogens is 1. The van der Waals surface area contributed by atoms with Crippen LogP contribution in [0.15, 0.2) is 11.4 Å². The third-order valence-electron chi connectivity index (χ3n) is 1.96. The van der Waals surface area contributed by atoms with E-state index >= 15 is 0 Å². The van der Waals surface area contributed by atoms with Gasteiger partial charge in [-0.15, -0.1) is 11.3 Å². The Bertz CT molecular complexity index is 441. The van der Waals surface area contributed by atoms with Crippen LogP contribution in [0.2, 0.25) is 5.28 Å². The molecule has 0 spiro atoms. The van der Waals surface area contributed by atoms with Crippen molar-refractivity contribution in [2.45, 2.75) is 12.8 Å². The molecule has 0 amide bonds. The second-order valence-corrected chi connectivity index (χ2v) is 4.22. The first kappa shape index (κ1) is 9.83. The zero-order chi connectivity index (χ0) is 9.97. The maximum atomic E-state index is 5.81. The summed E-state index contributed by atoms with van der Waals surface area (Å²) in [7, 11) is 0. The third kappa shape index (κ3) is 1.87. The van der Waals surface area contributed by atoms with E-state index in [1.165, 1.54) is 0 Å². The molecule has 2 N–H and O–H groups in total. The highest BCUT2D eigenvalue weighted by Crippen LogP contribution is 2.24. The zero-order valence-corrected chi connectivity index (χ0v) is 9.11. The first-order valence-electron chi connectivity index (χ1n) is 4.41. The number of hydrogen-bond donors (Lipinski definition) is 1.